The van der Waals surface area contributed by atoms with Gasteiger partial charge in [0.2, 0.25) is 11.2 Å². The molecular weight excluding hydrogens is 394 g/mol. The molecule has 0 bridgehead atoms. The quantitative estimate of drug-likeness (QED) is 0.590. The Morgan fingerprint density at radius 3 is 2.69 bits per heavy atom. The first-order valence-electron chi connectivity index (χ1n) is 7.87. The normalized spacial score (nSPS) is 22.2. The van der Waals surface area contributed by atoms with Crippen LogP contribution in [0.2, 0.25) is 0 Å². The lowest BCUT2D eigenvalue weighted by molar-refractivity contribution is -0.116. The summed E-state index contributed by atoms with van der Waals surface area (Å²) in [6.45, 7) is 1.35. The van der Waals surface area contributed by atoms with E-state index >= 15 is 0 Å². The Bertz CT molecular complexity index is 814. The van der Waals surface area contributed by atoms with Crippen molar-refractivity contribution in [3.63, 3.8) is 0 Å². The Hall–Kier alpha value is -1.43. The monoisotopic (exact) mass is 417 g/mol. The van der Waals surface area contributed by atoms with Crippen LogP contribution in [0.4, 0.5) is 0 Å². The molecule has 1 aliphatic heterocycles. The van der Waals surface area contributed by atoms with E-state index in [0.717, 1.165) is 18.1 Å². The Kier molecular flexibility index (Phi) is 7.21. The van der Waals surface area contributed by atoms with Crippen LogP contribution in [0.15, 0.2) is 22.1 Å². The van der Waals surface area contributed by atoms with Crippen LogP contribution in [0.3, 0.4) is 0 Å². The van der Waals surface area contributed by atoms with Gasteiger partial charge in [-0.3, -0.25) is 19.5 Å². The number of nitrogens with one attached hydrogen (secondary N) is 1. The van der Waals surface area contributed by atoms with E-state index in [1.165, 1.54) is 16.8 Å². The standard InChI is InChI=1S/C15H23N5O3S3/c1-17-12-13(14(16)21)26(22,23)19-15(12)18-6-7-24-9-11-5-4-10(25-11)8-20(2)3/h4-5,13H,6-9H2,1-3H3,(H2,16,21)(H,18,19). The van der Waals surface area contributed by atoms with E-state index in [0.29, 0.717) is 6.54 Å². The third kappa shape index (κ3) is 5.29. The van der Waals surface area contributed by atoms with Crippen molar-refractivity contribution >= 4 is 50.6 Å². The number of sulfonamides is 1. The second-order valence-corrected chi connectivity index (χ2v) is 10.1. The Morgan fingerprint density at radius 2 is 2.08 bits per heavy atom. The lowest BCUT2D eigenvalue weighted by atomic mass is 10.2. The highest BCUT2D eigenvalue weighted by Crippen LogP contribution is 2.22. The highest BCUT2D eigenvalue weighted by atomic mass is 32.2. The SMILES string of the molecule is CN=C1C(=NCCSCc2ccc(CN(C)C)s2)NS(=O)(=O)C1C(N)=O. The van der Waals surface area contributed by atoms with E-state index in [-0.39, 0.29) is 11.5 Å². The molecule has 0 saturated carbocycles. The first kappa shape index (κ1) is 20.9. The van der Waals surface area contributed by atoms with Crippen molar-refractivity contribution in [2.24, 2.45) is 15.7 Å². The fraction of sp³-hybridized carbons (Fsp3) is 0.533. The van der Waals surface area contributed by atoms with Crippen LogP contribution in [0.5, 0.6) is 0 Å². The van der Waals surface area contributed by atoms with Gasteiger partial charge in [0.25, 0.3) is 10.0 Å². The molecule has 1 unspecified atom stereocenters. The summed E-state index contributed by atoms with van der Waals surface area (Å²) in [4.78, 5) is 24.3. The Morgan fingerprint density at radius 1 is 1.38 bits per heavy atom. The molecule has 2 heterocycles. The van der Waals surface area contributed by atoms with E-state index in [2.05, 4.69) is 31.7 Å². The van der Waals surface area contributed by atoms with Crippen LogP contribution >= 0.6 is 23.1 Å². The van der Waals surface area contributed by atoms with Crippen molar-refractivity contribution in [3.8, 4) is 0 Å². The number of hydrogen-bond donors (Lipinski definition) is 2. The van der Waals surface area contributed by atoms with Gasteiger partial charge in [-0.2, -0.15) is 11.8 Å². The van der Waals surface area contributed by atoms with Crippen molar-refractivity contribution in [2.75, 3.05) is 33.4 Å². The number of hydrogen-bond acceptors (Lipinski definition) is 8. The smallest absolute Gasteiger partial charge is 0.251 e. The number of carbonyl (C=O) groups excluding carboxylic acids is 1. The largest absolute Gasteiger partial charge is 0.368 e. The van der Waals surface area contributed by atoms with Crippen LogP contribution in [0.1, 0.15) is 9.75 Å². The molecule has 0 aromatic carbocycles. The molecule has 11 heteroatoms. The summed E-state index contributed by atoms with van der Waals surface area (Å²) in [6, 6.07) is 4.27. The van der Waals surface area contributed by atoms with Gasteiger partial charge in [-0.15, -0.1) is 11.3 Å². The number of amides is 1. The zero-order chi connectivity index (χ0) is 19.3. The zero-order valence-electron chi connectivity index (χ0n) is 14.9. The second kappa shape index (κ2) is 8.98. The lowest BCUT2D eigenvalue weighted by Gasteiger charge is -2.06. The van der Waals surface area contributed by atoms with E-state index in [1.807, 2.05) is 14.1 Å². The van der Waals surface area contributed by atoms with Crippen LogP contribution < -0.4 is 10.5 Å². The van der Waals surface area contributed by atoms with E-state index in [9.17, 15) is 13.2 Å². The molecule has 1 saturated heterocycles. The van der Waals surface area contributed by atoms with Crippen molar-refractivity contribution in [2.45, 2.75) is 17.5 Å². The van der Waals surface area contributed by atoms with Crippen LogP contribution in [-0.2, 0) is 27.1 Å². The van der Waals surface area contributed by atoms with Gasteiger partial charge in [-0.1, -0.05) is 0 Å². The predicted octanol–water partition coefficient (Wildman–Crippen LogP) is 0.299. The average molecular weight is 418 g/mol. The molecule has 1 aromatic heterocycles. The summed E-state index contributed by atoms with van der Waals surface area (Å²) < 4.78 is 26.2. The summed E-state index contributed by atoms with van der Waals surface area (Å²) in [6.07, 6.45) is 0. The van der Waals surface area contributed by atoms with E-state index in [1.54, 1.807) is 23.1 Å². The fourth-order valence-electron chi connectivity index (χ4n) is 2.43. The summed E-state index contributed by atoms with van der Waals surface area (Å²) in [5.74, 6) is 0.766. The predicted molar refractivity (Wildman–Crippen MR) is 109 cm³/mol. The van der Waals surface area contributed by atoms with Gasteiger partial charge in [0.15, 0.2) is 5.84 Å². The molecule has 1 amide bonds. The number of thiophene rings is 1. The molecule has 1 aromatic rings. The van der Waals surface area contributed by atoms with Crippen LogP contribution in [0.25, 0.3) is 0 Å². The summed E-state index contributed by atoms with van der Waals surface area (Å²) in [7, 11) is 1.62. The van der Waals surface area contributed by atoms with Gasteiger partial charge in [0.05, 0.1) is 6.54 Å². The van der Waals surface area contributed by atoms with Crippen LogP contribution in [-0.4, -0.2) is 69.5 Å². The van der Waals surface area contributed by atoms with Gasteiger partial charge in [0, 0.05) is 34.9 Å². The fourth-order valence-corrected chi connectivity index (χ4v) is 5.89. The first-order valence-corrected chi connectivity index (χ1v) is 11.4. The molecule has 0 spiro atoms. The van der Waals surface area contributed by atoms with Gasteiger partial charge < -0.3 is 10.6 Å². The topological polar surface area (TPSA) is 117 Å². The van der Waals surface area contributed by atoms with Gasteiger partial charge in [0.1, 0.15) is 5.71 Å². The van der Waals surface area contributed by atoms with Gasteiger partial charge in [-0.25, -0.2) is 8.42 Å². The number of carbonyl (C=O) groups is 1. The minimum absolute atomic E-state index is 0.0779. The maximum Gasteiger partial charge on any atom is 0.251 e. The summed E-state index contributed by atoms with van der Waals surface area (Å²) >= 11 is 3.51. The number of thioether (sulfide) groups is 1. The lowest BCUT2D eigenvalue weighted by Crippen LogP contribution is -2.39. The van der Waals surface area contributed by atoms with Gasteiger partial charge >= 0.3 is 0 Å². The minimum atomic E-state index is -3.88. The first-order chi connectivity index (χ1) is 12.2. The molecule has 8 nitrogen and oxygen atoms in total. The van der Waals surface area contributed by atoms with Crippen molar-refractivity contribution in [1.29, 1.82) is 0 Å². The third-order valence-corrected chi connectivity index (χ3v) is 7.27. The third-order valence-electron chi connectivity index (χ3n) is 3.48. The average Bonchev–Trinajstić information content (AvgIpc) is 3.07. The number of nitrogens with zero attached hydrogens (tertiary/aromatic N) is 3. The Balaban J connectivity index is 1.87. The molecule has 144 valence electrons. The highest BCUT2D eigenvalue weighted by molar-refractivity contribution is 7.98. The Labute approximate surface area is 162 Å². The second-order valence-electron chi connectivity index (χ2n) is 5.93. The maximum absolute atomic E-state index is 12.0. The number of aliphatic imine (C=N–C) groups is 2. The highest BCUT2D eigenvalue weighted by Gasteiger charge is 2.45. The number of amidine groups is 1. The van der Waals surface area contributed by atoms with E-state index in [4.69, 9.17) is 5.73 Å². The molecule has 1 fully saturated rings. The molecule has 2 rings (SSSR count). The summed E-state index contributed by atoms with van der Waals surface area (Å²) in [5.41, 5.74) is 5.25. The molecule has 1 atom stereocenters. The van der Waals surface area contributed by atoms with Crippen LogP contribution in [0, 0.1) is 0 Å². The number of primary amides is 1. The molecular formula is C15H23N5O3S3. The molecule has 26 heavy (non-hydrogen) atoms. The van der Waals surface area contributed by atoms with Gasteiger partial charge in [-0.05, 0) is 26.2 Å². The minimum Gasteiger partial charge on any atom is -0.368 e. The molecule has 0 aliphatic carbocycles. The van der Waals surface area contributed by atoms with Crippen molar-refractivity contribution in [3.05, 3.63) is 21.9 Å². The zero-order valence-corrected chi connectivity index (χ0v) is 17.4. The molecule has 3 N–H and O–H groups in total. The summed E-state index contributed by atoms with van der Waals surface area (Å²) in [5, 5.41) is -1.47. The molecule has 1 aliphatic rings. The number of nitrogens with two attached hydrogens (primary N) is 1. The maximum atomic E-state index is 12.0. The van der Waals surface area contributed by atoms with E-state index < -0.39 is 21.2 Å². The van der Waals surface area contributed by atoms with Crippen molar-refractivity contribution in [1.82, 2.24) is 9.62 Å². The molecule has 0 radical (unpaired) electrons. The van der Waals surface area contributed by atoms with Crippen molar-refractivity contribution < 1.29 is 13.2 Å². The number of rotatable bonds is 8.